The van der Waals surface area contributed by atoms with Crippen LogP contribution in [0.25, 0.3) is 55.6 Å². The highest BCUT2D eigenvalue weighted by Crippen LogP contribution is 2.42. The normalized spacial score (nSPS) is 11.3. The van der Waals surface area contributed by atoms with Crippen LogP contribution in [0.1, 0.15) is 10.4 Å². The van der Waals surface area contributed by atoms with Crippen molar-refractivity contribution < 1.29 is 13.6 Å². The number of aromatic nitrogens is 2. The molecular formula is C37H29FN4O2. The van der Waals surface area contributed by atoms with Gasteiger partial charge in [-0.05, 0) is 71.8 Å². The van der Waals surface area contributed by atoms with E-state index in [1.54, 1.807) is 37.5 Å². The molecular weight excluding hydrogens is 551 g/mol. The van der Waals surface area contributed by atoms with Crippen LogP contribution in [0.2, 0.25) is 0 Å². The van der Waals surface area contributed by atoms with Crippen LogP contribution in [0.5, 0.6) is 0 Å². The number of nitrogens with one attached hydrogen (secondary N) is 1. The number of fused-ring (bicyclic) bond motifs is 2. The van der Waals surface area contributed by atoms with E-state index in [0.717, 1.165) is 39.0 Å². The number of hydrogen-bond donors (Lipinski definition) is 1. The number of benzene rings is 4. The number of amides is 1. The summed E-state index contributed by atoms with van der Waals surface area (Å²) in [5.41, 5.74) is 7.57. The molecule has 6 nitrogen and oxygen atoms in total. The zero-order chi connectivity index (χ0) is 30.4. The highest BCUT2D eigenvalue weighted by atomic mass is 19.1. The Labute approximate surface area is 254 Å². The van der Waals surface area contributed by atoms with E-state index in [4.69, 9.17) is 4.42 Å². The molecule has 0 aliphatic carbocycles. The van der Waals surface area contributed by atoms with E-state index in [1.165, 1.54) is 17.0 Å². The molecule has 1 N–H and O–H groups in total. The molecule has 0 bridgehead atoms. The van der Waals surface area contributed by atoms with Crippen LogP contribution in [0, 0.1) is 5.82 Å². The number of para-hydroxylation sites is 1. The van der Waals surface area contributed by atoms with Crippen molar-refractivity contribution in [1.29, 1.82) is 0 Å². The smallest absolute Gasteiger partial charge is 0.263 e. The molecule has 0 aliphatic heterocycles. The molecule has 0 aliphatic rings. The molecule has 44 heavy (non-hydrogen) atoms. The van der Waals surface area contributed by atoms with Crippen molar-refractivity contribution in [3.8, 4) is 33.7 Å². The number of pyridine rings is 1. The van der Waals surface area contributed by atoms with Crippen LogP contribution in [-0.4, -0.2) is 37.0 Å². The molecule has 4 aromatic carbocycles. The van der Waals surface area contributed by atoms with Gasteiger partial charge in [-0.2, -0.15) is 0 Å². The number of anilines is 2. The highest BCUT2D eigenvalue weighted by molar-refractivity contribution is 6.18. The van der Waals surface area contributed by atoms with Gasteiger partial charge in [-0.15, -0.1) is 0 Å². The number of hydrogen-bond acceptors (Lipinski definition) is 4. The van der Waals surface area contributed by atoms with Gasteiger partial charge in [0.05, 0.1) is 5.56 Å². The maximum Gasteiger partial charge on any atom is 0.263 e. The Bertz CT molecular complexity index is 2110. The third-order valence-corrected chi connectivity index (χ3v) is 7.92. The monoisotopic (exact) mass is 580 g/mol. The number of furan rings is 1. The van der Waals surface area contributed by atoms with E-state index in [9.17, 15) is 9.18 Å². The third-order valence-electron chi connectivity index (χ3n) is 7.92. The van der Waals surface area contributed by atoms with Crippen molar-refractivity contribution >= 4 is 39.3 Å². The first-order valence-corrected chi connectivity index (χ1v) is 14.3. The van der Waals surface area contributed by atoms with Gasteiger partial charge in [0.25, 0.3) is 5.91 Å². The van der Waals surface area contributed by atoms with Gasteiger partial charge in [-0.1, -0.05) is 42.5 Å². The van der Waals surface area contributed by atoms with Gasteiger partial charge in [0.1, 0.15) is 23.0 Å². The number of carbonyl (C=O) groups is 1. The van der Waals surface area contributed by atoms with Crippen LogP contribution in [0.4, 0.5) is 15.9 Å². The van der Waals surface area contributed by atoms with E-state index in [1.807, 2.05) is 55.4 Å². The summed E-state index contributed by atoms with van der Waals surface area (Å²) in [5.74, 6) is 0.238. The van der Waals surface area contributed by atoms with E-state index in [0.29, 0.717) is 33.7 Å². The second-order valence-corrected chi connectivity index (χ2v) is 11.0. The first-order chi connectivity index (χ1) is 21.4. The third kappa shape index (κ3) is 4.78. The molecule has 0 saturated carbocycles. The van der Waals surface area contributed by atoms with Gasteiger partial charge in [-0.3, -0.25) is 9.69 Å². The molecule has 3 heterocycles. The fraction of sp³-hybridized carbons (Fsp3) is 0.0811. The van der Waals surface area contributed by atoms with Crippen molar-refractivity contribution in [1.82, 2.24) is 9.97 Å². The number of H-pyrrole nitrogens is 1. The second kappa shape index (κ2) is 10.9. The Morgan fingerprint density at radius 2 is 1.57 bits per heavy atom. The predicted molar refractivity (Wildman–Crippen MR) is 176 cm³/mol. The van der Waals surface area contributed by atoms with E-state index in [-0.39, 0.29) is 11.7 Å². The van der Waals surface area contributed by atoms with E-state index in [2.05, 4.69) is 46.4 Å². The lowest BCUT2D eigenvalue weighted by Gasteiger charge is -2.19. The van der Waals surface area contributed by atoms with Crippen molar-refractivity contribution in [2.24, 2.45) is 0 Å². The van der Waals surface area contributed by atoms with E-state index >= 15 is 0 Å². The van der Waals surface area contributed by atoms with Crippen LogP contribution in [0.3, 0.4) is 0 Å². The lowest BCUT2D eigenvalue weighted by atomic mass is 9.96. The topological polar surface area (TPSA) is 65.4 Å². The number of halogens is 1. The molecule has 3 aromatic heterocycles. The zero-order valence-corrected chi connectivity index (χ0v) is 24.5. The molecule has 0 spiro atoms. The molecule has 0 radical (unpaired) electrons. The summed E-state index contributed by atoms with van der Waals surface area (Å²) in [6.07, 6.45) is 1.65. The Morgan fingerprint density at radius 1 is 0.795 bits per heavy atom. The number of nitrogens with zero attached hydrogens (tertiary/aromatic N) is 3. The van der Waals surface area contributed by atoms with Crippen LogP contribution < -0.4 is 9.80 Å². The number of carbonyl (C=O) groups excluding carboxylic acids is 1. The number of aromatic amines is 1. The van der Waals surface area contributed by atoms with Crippen LogP contribution in [-0.2, 0) is 0 Å². The maximum absolute atomic E-state index is 14.2. The predicted octanol–water partition coefficient (Wildman–Crippen LogP) is 8.79. The summed E-state index contributed by atoms with van der Waals surface area (Å²) < 4.78 is 20.3. The van der Waals surface area contributed by atoms with Crippen molar-refractivity contribution in [3.05, 3.63) is 127 Å². The minimum absolute atomic E-state index is 0.280. The maximum atomic E-state index is 14.2. The van der Waals surface area contributed by atoms with Gasteiger partial charge in [0.15, 0.2) is 0 Å². The van der Waals surface area contributed by atoms with Crippen molar-refractivity contribution in [2.45, 2.75) is 0 Å². The van der Waals surface area contributed by atoms with E-state index < -0.39 is 0 Å². The first-order valence-electron chi connectivity index (χ1n) is 14.3. The van der Waals surface area contributed by atoms with Gasteiger partial charge in [0.2, 0.25) is 0 Å². The van der Waals surface area contributed by atoms with Gasteiger partial charge >= 0.3 is 0 Å². The quantitative estimate of drug-likeness (QED) is 0.214. The Kier molecular flexibility index (Phi) is 6.70. The molecule has 0 saturated heterocycles. The average molecular weight is 581 g/mol. The van der Waals surface area contributed by atoms with Gasteiger partial charge in [0, 0.05) is 72.2 Å². The summed E-state index contributed by atoms with van der Waals surface area (Å²) in [4.78, 5) is 25.7. The molecule has 0 fully saturated rings. The summed E-state index contributed by atoms with van der Waals surface area (Å²) in [5, 5.41) is 1.81. The Hall–Kier alpha value is -5.69. The molecule has 216 valence electrons. The first kappa shape index (κ1) is 27.2. The molecule has 7 aromatic rings. The SMILES string of the molecule is CN(C)c1cc2oc(-c3ccc(F)cc3)c(C(=O)N(C)c3ccccn3)c2cc1-c1cccc(-c2cc3ccccc3[nH]2)c1. The Balaban J connectivity index is 1.43. The molecule has 7 heteroatoms. The summed E-state index contributed by atoms with van der Waals surface area (Å²) >= 11 is 0. The van der Waals surface area contributed by atoms with Gasteiger partial charge < -0.3 is 14.3 Å². The molecule has 1 amide bonds. The second-order valence-electron chi connectivity index (χ2n) is 11.0. The number of rotatable bonds is 6. The fourth-order valence-electron chi connectivity index (χ4n) is 5.66. The lowest BCUT2D eigenvalue weighted by Crippen LogP contribution is -2.27. The highest BCUT2D eigenvalue weighted by Gasteiger charge is 2.27. The summed E-state index contributed by atoms with van der Waals surface area (Å²) in [6, 6.07) is 34.1. The molecule has 0 atom stereocenters. The average Bonchev–Trinajstić information content (AvgIpc) is 3.66. The van der Waals surface area contributed by atoms with Crippen LogP contribution >= 0.6 is 0 Å². The zero-order valence-electron chi connectivity index (χ0n) is 24.5. The fourth-order valence-corrected chi connectivity index (χ4v) is 5.66. The molecule has 0 unspecified atom stereocenters. The van der Waals surface area contributed by atoms with Crippen molar-refractivity contribution in [3.63, 3.8) is 0 Å². The minimum Gasteiger partial charge on any atom is -0.455 e. The summed E-state index contributed by atoms with van der Waals surface area (Å²) in [6.45, 7) is 0. The Morgan fingerprint density at radius 3 is 2.32 bits per heavy atom. The molecule has 7 rings (SSSR count). The lowest BCUT2D eigenvalue weighted by molar-refractivity contribution is 0.0994. The largest absolute Gasteiger partial charge is 0.455 e. The van der Waals surface area contributed by atoms with Gasteiger partial charge in [-0.25, -0.2) is 9.37 Å². The van der Waals surface area contributed by atoms with Crippen molar-refractivity contribution in [2.75, 3.05) is 30.9 Å². The minimum atomic E-state index is -0.365. The van der Waals surface area contributed by atoms with Crippen LogP contribution in [0.15, 0.2) is 120 Å². The summed E-state index contributed by atoms with van der Waals surface area (Å²) in [7, 11) is 5.66. The standard InChI is InChI=1S/C37H29FN4O2/c1-41(2)32-22-33-29(21-28(32)24-10-8-11-25(19-24)31-20-26-9-4-5-12-30(26)40-31)35(36(44-33)23-14-16-27(38)17-15-23)37(43)42(3)34-13-6-7-18-39-34/h4-22,40H,1-3H3.